The summed E-state index contributed by atoms with van der Waals surface area (Å²) in [6.07, 6.45) is 2.81. The van der Waals surface area contributed by atoms with Gasteiger partial charge in [-0.2, -0.15) is 11.8 Å². The Morgan fingerprint density at radius 2 is 1.73 bits per heavy atom. The van der Waals surface area contributed by atoms with Crippen LogP contribution in [0.1, 0.15) is 54.2 Å². The van der Waals surface area contributed by atoms with E-state index in [1.54, 1.807) is 23.9 Å². The SMILES string of the molecule is CSCC[C@H](NC(=O)c1ccc(C(C)(C)C)cc1)C(=O)N1Cc2ccccc2C[C@@H]1C(N)=O. The first-order valence-corrected chi connectivity index (χ1v) is 12.6. The molecule has 7 heteroatoms. The summed E-state index contributed by atoms with van der Waals surface area (Å²) in [4.78, 5) is 40.3. The van der Waals surface area contributed by atoms with Crippen LogP contribution in [0.4, 0.5) is 0 Å². The van der Waals surface area contributed by atoms with Gasteiger partial charge in [-0.25, -0.2) is 0 Å². The summed E-state index contributed by atoms with van der Waals surface area (Å²) in [6.45, 7) is 6.65. The quantitative estimate of drug-likeness (QED) is 0.654. The van der Waals surface area contributed by atoms with Gasteiger partial charge in [0, 0.05) is 18.5 Å². The Labute approximate surface area is 200 Å². The molecule has 1 aliphatic rings. The maximum absolute atomic E-state index is 13.6. The van der Waals surface area contributed by atoms with E-state index in [4.69, 9.17) is 5.73 Å². The summed E-state index contributed by atoms with van der Waals surface area (Å²) < 4.78 is 0. The molecule has 33 heavy (non-hydrogen) atoms. The Kier molecular flexibility index (Phi) is 7.84. The zero-order chi connectivity index (χ0) is 24.2. The normalized spacial score (nSPS) is 16.6. The van der Waals surface area contributed by atoms with Crippen molar-refractivity contribution in [2.75, 3.05) is 12.0 Å². The van der Waals surface area contributed by atoms with E-state index in [-0.39, 0.29) is 17.2 Å². The van der Waals surface area contributed by atoms with Crippen molar-refractivity contribution in [2.24, 2.45) is 5.73 Å². The number of hydrogen-bond donors (Lipinski definition) is 2. The van der Waals surface area contributed by atoms with E-state index in [2.05, 4.69) is 26.1 Å². The number of thioether (sulfide) groups is 1. The number of hydrogen-bond acceptors (Lipinski definition) is 4. The van der Waals surface area contributed by atoms with Gasteiger partial charge < -0.3 is 16.0 Å². The number of amides is 3. The number of nitrogens with zero attached hydrogens (tertiary/aromatic N) is 1. The largest absolute Gasteiger partial charge is 0.368 e. The molecule has 0 aromatic heterocycles. The minimum atomic E-state index is -0.737. The molecule has 0 saturated carbocycles. The van der Waals surface area contributed by atoms with Crippen LogP contribution < -0.4 is 11.1 Å². The minimum absolute atomic E-state index is 0.0137. The van der Waals surface area contributed by atoms with Gasteiger partial charge >= 0.3 is 0 Å². The van der Waals surface area contributed by atoms with Crippen molar-refractivity contribution < 1.29 is 14.4 Å². The Bertz CT molecular complexity index is 1010. The number of nitrogens with two attached hydrogens (primary N) is 1. The Hall–Kier alpha value is -2.80. The van der Waals surface area contributed by atoms with E-state index < -0.39 is 18.0 Å². The van der Waals surface area contributed by atoms with E-state index in [1.165, 1.54) is 4.90 Å². The van der Waals surface area contributed by atoms with Crippen molar-refractivity contribution in [3.63, 3.8) is 0 Å². The molecule has 1 aliphatic heterocycles. The van der Waals surface area contributed by atoms with Crippen LogP contribution in [0.3, 0.4) is 0 Å². The molecule has 0 radical (unpaired) electrons. The van der Waals surface area contributed by atoms with Crippen LogP contribution >= 0.6 is 11.8 Å². The maximum atomic E-state index is 13.6. The highest BCUT2D eigenvalue weighted by Gasteiger charge is 2.36. The fraction of sp³-hybridized carbons (Fsp3) is 0.423. The van der Waals surface area contributed by atoms with Gasteiger partial charge in [0.1, 0.15) is 12.1 Å². The van der Waals surface area contributed by atoms with Crippen LogP contribution in [0.5, 0.6) is 0 Å². The molecule has 0 unspecified atom stereocenters. The topological polar surface area (TPSA) is 92.5 Å². The van der Waals surface area contributed by atoms with Crippen molar-refractivity contribution in [2.45, 2.75) is 57.7 Å². The van der Waals surface area contributed by atoms with Crippen LogP contribution in [0.25, 0.3) is 0 Å². The zero-order valence-electron chi connectivity index (χ0n) is 19.8. The van der Waals surface area contributed by atoms with Crippen LogP contribution in [0.2, 0.25) is 0 Å². The van der Waals surface area contributed by atoms with E-state index in [0.717, 1.165) is 16.7 Å². The number of rotatable bonds is 7. The first-order chi connectivity index (χ1) is 15.6. The van der Waals surface area contributed by atoms with Gasteiger partial charge in [0.25, 0.3) is 5.91 Å². The number of benzene rings is 2. The standard InChI is InChI=1S/C26H33N3O3S/c1-26(2,3)20-11-9-17(10-12-20)24(31)28-21(13-14-33-4)25(32)29-16-19-8-6-5-7-18(19)15-22(29)23(27)30/h5-12,21-22H,13-16H2,1-4H3,(H2,27,30)(H,28,31)/t21-,22+/m0/s1. The molecule has 2 aromatic carbocycles. The van der Waals surface area contributed by atoms with Crippen molar-refractivity contribution in [1.29, 1.82) is 0 Å². The van der Waals surface area contributed by atoms with Crippen LogP contribution in [-0.2, 0) is 28.0 Å². The monoisotopic (exact) mass is 467 g/mol. The van der Waals surface area contributed by atoms with Crippen LogP contribution in [0, 0.1) is 0 Å². The molecule has 0 bridgehead atoms. The lowest BCUT2D eigenvalue weighted by atomic mass is 9.86. The summed E-state index contributed by atoms with van der Waals surface area (Å²) in [6, 6.07) is 13.7. The Morgan fingerprint density at radius 1 is 1.09 bits per heavy atom. The summed E-state index contributed by atoms with van der Waals surface area (Å²) in [5.74, 6) is -0.416. The molecule has 2 atom stereocenters. The van der Waals surface area contributed by atoms with E-state index in [9.17, 15) is 14.4 Å². The van der Waals surface area contributed by atoms with E-state index >= 15 is 0 Å². The van der Waals surface area contributed by atoms with Gasteiger partial charge in [-0.3, -0.25) is 14.4 Å². The first-order valence-electron chi connectivity index (χ1n) is 11.2. The molecule has 0 aliphatic carbocycles. The molecular weight excluding hydrogens is 434 g/mol. The molecule has 0 fully saturated rings. The third-order valence-corrected chi connectivity index (χ3v) is 6.73. The predicted octanol–water partition coefficient (Wildman–Crippen LogP) is 3.27. The third kappa shape index (κ3) is 5.96. The van der Waals surface area contributed by atoms with E-state index in [1.807, 2.05) is 42.7 Å². The fourth-order valence-electron chi connectivity index (χ4n) is 4.07. The van der Waals surface area contributed by atoms with Gasteiger partial charge in [-0.15, -0.1) is 0 Å². The molecule has 3 N–H and O–H groups in total. The number of fused-ring (bicyclic) bond motifs is 1. The lowest BCUT2D eigenvalue weighted by Crippen LogP contribution is -2.57. The summed E-state index contributed by atoms with van der Waals surface area (Å²) >= 11 is 1.60. The minimum Gasteiger partial charge on any atom is -0.368 e. The smallest absolute Gasteiger partial charge is 0.251 e. The second-order valence-corrected chi connectivity index (χ2v) is 10.5. The average molecular weight is 468 g/mol. The number of carbonyl (C=O) groups excluding carboxylic acids is 3. The number of carbonyl (C=O) groups is 3. The van der Waals surface area contributed by atoms with Gasteiger partial charge in [-0.1, -0.05) is 57.2 Å². The summed E-state index contributed by atoms with van der Waals surface area (Å²) in [7, 11) is 0. The molecule has 1 heterocycles. The number of primary amides is 1. The highest BCUT2D eigenvalue weighted by atomic mass is 32.2. The Morgan fingerprint density at radius 3 is 2.30 bits per heavy atom. The first kappa shape index (κ1) is 24.8. The van der Waals surface area contributed by atoms with Gasteiger partial charge in [0.15, 0.2) is 0 Å². The molecule has 3 amide bonds. The molecule has 2 aromatic rings. The molecule has 0 spiro atoms. The van der Waals surface area contributed by atoms with E-state index in [0.29, 0.717) is 30.7 Å². The lowest BCUT2D eigenvalue weighted by Gasteiger charge is -2.37. The average Bonchev–Trinajstić information content (AvgIpc) is 2.79. The van der Waals surface area contributed by atoms with Crippen molar-refractivity contribution in [3.05, 3.63) is 70.8 Å². The molecule has 176 valence electrons. The highest BCUT2D eigenvalue weighted by Crippen LogP contribution is 2.25. The van der Waals surface area contributed by atoms with Crippen molar-refractivity contribution in [3.8, 4) is 0 Å². The third-order valence-electron chi connectivity index (χ3n) is 6.09. The second kappa shape index (κ2) is 10.4. The number of nitrogens with one attached hydrogen (secondary N) is 1. The van der Waals surface area contributed by atoms with Gasteiger partial charge in [0.2, 0.25) is 11.8 Å². The Balaban J connectivity index is 1.82. The van der Waals surface area contributed by atoms with Crippen LogP contribution in [0.15, 0.2) is 48.5 Å². The fourth-order valence-corrected chi connectivity index (χ4v) is 4.54. The van der Waals surface area contributed by atoms with Gasteiger partial charge in [0.05, 0.1) is 0 Å². The highest BCUT2D eigenvalue weighted by molar-refractivity contribution is 7.98. The predicted molar refractivity (Wildman–Crippen MR) is 133 cm³/mol. The second-order valence-electron chi connectivity index (χ2n) is 9.49. The molecular formula is C26H33N3O3S. The zero-order valence-corrected chi connectivity index (χ0v) is 20.6. The van der Waals surface area contributed by atoms with Gasteiger partial charge in [-0.05, 0) is 52.7 Å². The summed E-state index contributed by atoms with van der Waals surface area (Å²) in [5.41, 5.74) is 9.31. The van der Waals surface area contributed by atoms with Crippen molar-refractivity contribution in [1.82, 2.24) is 10.2 Å². The summed E-state index contributed by atoms with van der Waals surface area (Å²) in [5, 5.41) is 2.91. The molecule has 3 rings (SSSR count). The maximum Gasteiger partial charge on any atom is 0.251 e. The van der Waals surface area contributed by atoms with Crippen molar-refractivity contribution >= 4 is 29.5 Å². The molecule has 6 nitrogen and oxygen atoms in total. The van der Waals surface area contributed by atoms with Crippen LogP contribution in [-0.4, -0.2) is 46.7 Å². The lowest BCUT2D eigenvalue weighted by molar-refractivity contribution is -0.142. The molecule has 0 saturated heterocycles.